The molecule has 0 amide bonds. The van der Waals surface area contributed by atoms with Crippen LogP contribution in [0.25, 0.3) is 0 Å². The third kappa shape index (κ3) is 11.8. The molecule has 0 fully saturated rings. The first-order valence-electron chi connectivity index (χ1n) is 16.5. The van der Waals surface area contributed by atoms with Crippen molar-refractivity contribution in [2.24, 2.45) is 20.5 Å². The van der Waals surface area contributed by atoms with Gasteiger partial charge >= 0.3 is 11.9 Å². The zero-order valence-electron chi connectivity index (χ0n) is 29.3. The number of aromatic nitrogens is 3. The van der Waals surface area contributed by atoms with E-state index in [9.17, 15) is 32.8 Å². The van der Waals surface area contributed by atoms with Crippen molar-refractivity contribution in [1.82, 2.24) is 15.0 Å². The number of rotatable bonds is 17. The molecule has 4 aromatic carbocycles. The summed E-state index contributed by atoms with van der Waals surface area (Å²) < 4.78 is 37.8. The number of anilines is 1. The highest BCUT2D eigenvalue weighted by atomic mass is 32.2. The van der Waals surface area contributed by atoms with E-state index in [1.54, 1.807) is 38.2 Å². The van der Waals surface area contributed by atoms with Crippen molar-refractivity contribution in [1.29, 1.82) is 0 Å². The number of aromatic carboxylic acids is 1. The van der Waals surface area contributed by atoms with E-state index < -0.39 is 27.8 Å². The molecule has 278 valence electrons. The minimum atomic E-state index is -4.21. The molecule has 0 aliphatic rings. The van der Waals surface area contributed by atoms with Gasteiger partial charge in [0.25, 0.3) is 10.1 Å². The zero-order valence-corrected chi connectivity index (χ0v) is 30.1. The lowest BCUT2D eigenvalue weighted by atomic mass is 10.1. The number of carboxylic acids is 2. The summed E-state index contributed by atoms with van der Waals surface area (Å²) in [6.07, 6.45) is 0.395. The van der Waals surface area contributed by atoms with E-state index in [-0.39, 0.29) is 37.5 Å². The van der Waals surface area contributed by atoms with E-state index in [4.69, 9.17) is 9.72 Å². The van der Waals surface area contributed by atoms with Crippen LogP contribution in [0.2, 0.25) is 0 Å². The van der Waals surface area contributed by atoms with Crippen LogP contribution in [0.1, 0.15) is 45.1 Å². The molecule has 0 aliphatic carbocycles. The standard InChI is InChI=1S/C37H36N8O8S/c1-24-18-27(32(53-16-7-17-54(50,51)52)22-31(24)44-43-30-11-6-8-26(20-30)36(48)49)21-34-38-33(39-37(40-34)45(2)23-35(46)47)19-25-12-14-29(15-13-25)42-41-28-9-4-3-5-10-28/h3-6,8-15,18,20,22H,7,16-17,19,21,23H2,1-2H3,(H,46,47)(H,48,49)(H,50,51,52). The fourth-order valence-electron chi connectivity index (χ4n) is 5.05. The minimum Gasteiger partial charge on any atom is -0.493 e. The van der Waals surface area contributed by atoms with Gasteiger partial charge in [-0.15, -0.1) is 0 Å². The van der Waals surface area contributed by atoms with Crippen LogP contribution in [0.5, 0.6) is 5.75 Å². The van der Waals surface area contributed by atoms with Gasteiger partial charge in [-0.1, -0.05) is 36.4 Å². The number of aliphatic carboxylic acids is 1. The fraction of sp³-hybridized carbons (Fsp3) is 0.216. The van der Waals surface area contributed by atoms with E-state index in [0.29, 0.717) is 52.0 Å². The van der Waals surface area contributed by atoms with Gasteiger partial charge in [0.05, 0.1) is 40.7 Å². The Balaban J connectivity index is 1.45. The molecule has 0 atom stereocenters. The van der Waals surface area contributed by atoms with Gasteiger partial charge in [0.1, 0.15) is 23.9 Å². The van der Waals surface area contributed by atoms with Crippen molar-refractivity contribution in [3.05, 3.63) is 125 Å². The van der Waals surface area contributed by atoms with Crippen LogP contribution >= 0.6 is 0 Å². The summed E-state index contributed by atoms with van der Waals surface area (Å²) in [6.45, 7) is 1.37. The van der Waals surface area contributed by atoms with Gasteiger partial charge in [0, 0.05) is 31.5 Å². The normalized spacial score (nSPS) is 11.6. The Morgan fingerprint density at radius 1 is 0.778 bits per heavy atom. The molecule has 0 bridgehead atoms. The lowest BCUT2D eigenvalue weighted by Gasteiger charge is -2.17. The monoisotopic (exact) mass is 752 g/mol. The van der Waals surface area contributed by atoms with Crippen LogP contribution in [0.4, 0.5) is 28.7 Å². The van der Waals surface area contributed by atoms with Gasteiger partial charge < -0.3 is 19.8 Å². The Bertz CT molecular complexity index is 2290. The van der Waals surface area contributed by atoms with Crippen molar-refractivity contribution >= 4 is 50.8 Å². The Hall–Kier alpha value is -6.46. The highest BCUT2D eigenvalue weighted by Crippen LogP contribution is 2.32. The largest absolute Gasteiger partial charge is 0.493 e. The number of hydrogen-bond donors (Lipinski definition) is 3. The second-order valence-electron chi connectivity index (χ2n) is 12.1. The summed E-state index contributed by atoms with van der Waals surface area (Å²) >= 11 is 0. The number of aryl methyl sites for hydroxylation is 1. The topological polar surface area (TPSA) is 230 Å². The highest BCUT2D eigenvalue weighted by Gasteiger charge is 2.17. The number of ether oxygens (including phenoxy) is 1. The zero-order chi connectivity index (χ0) is 38.7. The summed E-state index contributed by atoms with van der Waals surface area (Å²) in [5, 5.41) is 35.8. The molecular weight excluding hydrogens is 717 g/mol. The Labute approximate surface area is 310 Å². The second kappa shape index (κ2) is 17.8. The molecule has 0 saturated heterocycles. The smallest absolute Gasteiger partial charge is 0.335 e. The molecule has 17 heteroatoms. The molecule has 5 aromatic rings. The third-order valence-corrected chi connectivity index (χ3v) is 8.47. The first kappa shape index (κ1) is 38.8. The maximum Gasteiger partial charge on any atom is 0.335 e. The lowest BCUT2D eigenvalue weighted by Crippen LogP contribution is -2.28. The van der Waals surface area contributed by atoms with Crippen molar-refractivity contribution < 1.29 is 37.5 Å². The Morgan fingerprint density at radius 2 is 1.43 bits per heavy atom. The summed E-state index contributed by atoms with van der Waals surface area (Å²) in [6, 6.07) is 26.1. The van der Waals surface area contributed by atoms with Crippen LogP contribution in [0.3, 0.4) is 0 Å². The van der Waals surface area contributed by atoms with E-state index in [0.717, 1.165) is 11.3 Å². The molecule has 5 rings (SSSR count). The molecule has 16 nitrogen and oxygen atoms in total. The molecule has 0 spiro atoms. The van der Waals surface area contributed by atoms with Crippen molar-refractivity contribution in [2.75, 3.05) is 30.9 Å². The summed E-state index contributed by atoms with van der Waals surface area (Å²) in [7, 11) is -2.65. The van der Waals surface area contributed by atoms with Gasteiger partial charge in [0.2, 0.25) is 5.95 Å². The van der Waals surface area contributed by atoms with Gasteiger partial charge in [-0.2, -0.15) is 38.8 Å². The van der Waals surface area contributed by atoms with E-state index in [2.05, 4.69) is 30.4 Å². The molecule has 0 aliphatic heterocycles. The SMILES string of the molecule is Cc1cc(Cc2nc(Cc3ccc(N=Nc4ccccc4)cc3)nc(N(C)CC(=O)O)n2)c(OCCCS(=O)(=O)O)cc1N=Nc1cccc(C(=O)O)c1. The average Bonchev–Trinajstić information content (AvgIpc) is 3.13. The minimum absolute atomic E-state index is 0.00254. The van der Waals surface area contributed by atoms with Crippen LogP contribution in [-0.2, 0) is 27.8 Å². The quantitative estimate of drug-likeness (QED) is 0.0492. The maximum atomic E-state index is 11.6. The molecule has 3 N–H and O–H groups in total. The number of hydrogen-bond acceptors (Lipinski definition) is 13. The second-order valence-corrected chi connectivity index (χ2v) is 13.6. The third-order valence-electron chi connectivity index (χ3n) is 7.66. The van der Waals surface area contributed by atoms with Crippen molar-refractivity contribution in [2.45, 2.75) is 26.2 Å². The number of benzene rings is 4. The van der Waals surface area contributed by atoms with E-state index in [1.807, 2.05) is 54.6 Å². The number of carbonyl (C=O) groups is 2. The van der Waals surface area contributed by atoms with Crippen LogP contribution < -0.4 is 9.64 Å². The number of likely N-dealkylation sites (N-methyl/N-ethyl adjacent to an activating group) is 1. The molecule has 0 saturated carbocycles. The molecule has 0 unspecified atom stereocenters. The first-order chi connectivity index (χ1) is 25.8. The highest BCUT2D eigenvalue weighted by molar-refractivity contribution is 7.85. The first-order valence-corrected chi connectivity index (χ1v) is 18.1. The van der Waals surface area contributed by atoms with E-state index >= 15 is 0 Å². The molecule has 54 heavy (non-hydrogen) atoms. The predicted octanol–water partition coefficient (Wildman–Crippen LogP) is 7.07. The molecular formula is C37H36N8O8S. The van der Waals surface area contributed by atoms with E-state index in [1.165, 1.54) is 17.0 Å². The Kier molecular flexibility index (Phi) is 12.8. The Morgan fingerprint density at radius 3 is 2.09 bits per heavy atom. The van der Waals surface area contributed by atoms with Crippen molar-refractivity contribution in [3.63, 3.8) is 0 Å². The van der Waals surface area contributed by atoms with Crippen LogP contribution in [0, 0.1) is 6.92 Å². The number of carboxylic acid groups (broad SMARTS) is 2. The molecule has 1 aromatic heterocycles. The summed E-state index contributed by atoms with van der Waals surface area (Å²) in [5.41, 5.74) is 4.27. The van der Waals surface area contributed by atoms with Crippen molar-refractivity contribution in [3.8, 4) is 5.75 Å². The lowest BCUT2D eigenvalue weighted by molar-refractivity contribution is -0.135. The summed E-state index contributed by atoms with van der Waals surface area (Å²) in [4.78, 5) is 38.2. The fourth-order valence-corrected chi connectivity index (χ4v) is 5.54. The van der Waals surface area contributed by atoms with Gasteiger partial charge in [-0.05, 0) is 73.0 Å². The molecule has 0 radical (unpaired) electrons. The number of nitrogens with zero attached hydrogens (tertiary/aromatic N) is 8. The average molecular weight is 753 g/mol. The predicted molar refractivity (Wildman–Crippen MR) is 199 cm³/mol. The number of azo groups is 2. The molecule has 1 heterocycles. The van der Waals surface area contributed by atoms with Crippen LogP contribution in [0.15, 0.2) is 111 Å². The van der Waals surface area contributed by atoms with Gasteiger partial charge in [-0.25, -0.2) is 9.78 Å². The summed E-state index contributed by atoms with van der Waals surface area (Å²) in [5.74, 6) is -1.54. The van der Waals surface area contributed by atoms with Gasteiger partial charge in [-0.3, -0.25) is 9.35 Å². The van der Waals surface area contributed by atoms with Gasteiger partial charge in [0.15, 0.2) is 0 Å². The maximum absolute atomic E-state index is 11.6. The van der Waals surface area contributed by atoms with Crippen LogP contribution in [-0.4, -0.2) is 76.0 Å².